The van der Waals surface area contributed by atoms with Gasteiger partial charge in [0, 0.05) is 20.2 Å². The van der Waals surface area contributed by atoms with E-state index in [1.54, 1.807) is 7.11 Å². The maximum Gasteiger partial charge on any atom is 0.320 e. The lowest BCUT2D eigenvalue weighted by Gasteiger charge is -2.26. The molecule has 1 fully saturated rings. The molecule has 1 saturated heterocycles. The van der Waals surface area contributed by atoms with Gasteiger partial charge >= 0.3 is 6.01 Å². The zero-order chi connectivity index (χ0) is 20.1. The summed E-state index contributed by atoms with van der Waals surface area (Å²) in [5.41, 5.74) is 9.46. The van der Waals surface area contributed by atoms with Crippen molar-refractivity contribution in [1.82, 2.24) is 14.9 Å². The summed E-state index contributed by atoms with van der Waals surface area (Å²) >= 11 is 0. The molecule has 2 aliphatic heterocycles. The molecular formula is C21H30N6O2. The number of nitrogens with one attached hydrogen (secondary N) is 1. The fourth-order valence-corrected chi connectivity index (χ4v) is 3.85. The van der Waals surface area contributed by atoms with Crippen molar-refractivity contribution in [2.45, 2.75) is 32.4 Å². The summed E-state index contributed by atoms with van der Waals surface area (Å²) in [6.45, 7) is 5.73. The number of nitrogen functional groups attached to an aromatic ring is 1. The van der Waals surface area contributed by atoms with Gasteiger partial charge in [-0.3, -0.25) is 4.90 Å². The number of fused-ring (bicyclic) bond motifs is 1. The first-order valence-electron chi connectivity index (χ1n) is 10.3. The molecule has 4 rings (SSSR count). The van der Waals surface area contributed by atoms with Crippen molar-refractivity contribution in [1.29, 1.82) is 0 Å². The number of piperidine rings is 1. The lowest BCUT2D eigenvalue weighted by atomic mass is 10.1. The second-order valence-corrected chi connectivity index (χ2v) is 7.62. The molecular weight excluding hydrogens is 368 g/mol. The monoisotopic (exact) mass is 398 g/mol. The van der Waals surface area contributed by atoms with E-state index in [4.69, 9.17) is 15.2 Å². The summed E-state index contributed by atoms with van der Waals surface area (Å²) in [6, 6.07) is 9.17. The standard InChI is InChI=1S/C21H30N6O2/c1-28-11-12-29-21-24-19(22)18-20(25-21)27(15-23-18)14-17-7-5-16(6-8-17)13-26-9-3-2-4-10-26/h5-8,23H,2-4,9-15H2,1H3,(H2,22,24,25). The lowest BCUT2D eigenvalue weighted by Crippen LogP contribution is -2.29. The van der Waals surface area contributed by atoms with Crippen LogP contribution in [0.2, 0.25) is 0 Å². The van der Waals surface area contributed by atoms with Gasteiger partial charge in [-0.25, -0.2) is 0 Å². The predicted octanol–water partition coefficient (Wildman–Crippen LogP) is 2.46. The van der Waals surface area contributed by atoms with E-state index in [0.717, 1.165) is 24.6 Å². The van der Waals surface area contributed by atoms with E-state index >= 15 is 0 Å². The van der Waals surface area contributed by atoms with Gasteiger partial charge in [-0.05, 0) is 37.1 Å². The smallest absolute Gasteiger partial charge is 0.320 e. The quantitative estimate of drug-likeness (QED) is 0.656. The molecule has 0 spiro atoms. The second kappa shape index (κ2) is 9.28. The molecule has 2 aromatic rings. The Labute approximate surface area is 172 Å². The van der Waals surface area contributed by atoms with Gasteiger partial charge in [0.1, 0.15) is 12.3 Å². The SMILES string of the molecule is COCCOc1nc(N)c2c(n1)N(Cc1ccc(CN3CCCCC3)cc1)CN2. The summed E-state index contributed by atoms with van der Waals surface area (Å²) in [4.78, 5) is 13.5. The van der Waals surface area contributed by atoms with Gasteiger partial charge in [0.2, 0.25) is 0 Å². The largest absolute Gasteiger partial charge is 0.461 e. The van der Waals surface area contributed by atoms with E-state index in [-0.39, 0.29) is 6.01 Å². The Morgan fingerprint density at radius 3 is 2.45 bits per heavy atom. The molecule has 0 amide bonds. The number of anilines is 3. The van der Waals surface area contributed by atoms with E-state index < -0.39 is 0 Å². The zero-order valence-electron chi connectivity index (χ0n) is 17.1. The molecule has 1 aromatic heterocycles. The van der Waals surface area contributed by atoms with Crippen molar-refractivity contribution < 1.29 is 9.47 Å². The topological polar surface area (TPSA) is 88.8 Å². The Hall–Kier alpha value is -2.58. The molecule has 0 aliphatic carbocycles. The molecule has 3 heterocycles. The van der Waals surface area contributed by atoms with Crippen LogP contribution in [0.5, 0.6) is 6.01 Å². The van der Waals surface area contributed by atoms with Crippen LogP contribution in [0.4, 0.5) is 17.3 Å². The molecule has 29 heavy (non-hydrogen) atoms. The van der Waals surface area contributed by atoms with E-state index in [1.165, 1.54) is 43.5 Å². The van der Waals surface area contributed by atoms with E-state index in [1.807, 2.05) is 0 Å². The zero-order valence-corrected chi connectivity index (χ0v) is 17.1. The van der Waals surface area contributed by atoms with Crippen molar-refractivity contribution in [3.63, 3.8) is 0 Å². The number of rotatable bonds is 8. The minimum absolute atomic E-state index is 0.281. The highest BCUT2D eigenvalue weighted by Gasteiger charge is 2.25. The van der Waals surface area contributed by atoms with Crippen LogP contribution in [-0.2, 0) is 17.8 Å². The number of likely N-dealkylation sites (tertiary alicyclic amines) is 1. The number of nitrogens with two attached hydrogens (primary N) is 1. The van der Waals surface area contributed by atoms with Gasteiger partial charge < -0.3 is 25.4 Å². The molecule has 156 valence electrons. The van der Waals surface area contributed by atoms with Crippen LogP contribution in [0.3, 0.4) is 0 Å². The Balaban J connectivity index is 1.40. The average molecular weight is 399 g/mol. The van der Waals surface area contributed by atoms with Gasteiger partial charge in [-0.15, -0.1) is 0 Å². The normalized spacial score (nSPS) is 16.5. The molecule has 8 heteroatoms. The molecule has 0 unspecified atom stereocenters. The van der Waals surface area contributed by atoms with Crippen molar-refractivity contribution in [2.24, 2.45) is 0 Å². The third-order valence-electron chi connectivity index (χ3n) is 5.41. The van der Waals surface area contributed by atoms with Crippen molar-refractivity contribution in [3.8, 4) is 6.01 Å². The second-order valence-electron chi connectivity index (χ2n) is 7.62. The lowest BCUT2D eigenvalue weighted by molar-refractivity contribution is 0.141. The highest BCUT2D eigenvalue weighted by molar-refractivity contribution is 5.80. The first kappa shape index (κ1) is 19.7. The summed E-state index contributed by atoms with van der Waals surface area (Å²) in [5.74, 6) is 1.18. The molecule has 3 N–H and O–H groups in total. The Morgan fingerprint density at radius 1 is 1.00 bits per heavy atom. The van der Waals surface area contributed by atoms with E-state index in [9.17, 15) is 0 Å². The molecule has 1 aromatic carbocycles. The van der Waals surface area contributed by atoms with Crippen LogP contribution in [0.15, 0.2) is 24.3 Å². The summed E-state index contributed by atoms with van der Waals surface area (Å²) in [6.07, 6.45) is 4.01. The Kier molecular flexibility index (Phi) is 6.31. The minimum atomic E-state index is 0.281. The number of hydrogen-bond donors (Lipinski definition) is 2. The van der Waals surface area contributed by atoms with Gasteiger partial charge in [0.15, 0.2) is 11.6 Å². The summed E-state index contributed by atoms with van der Waals surface area (Å²) in [7, 11) is 1.63. The van der Waals surface area contributed by atoms with Crippen molar-refractivity contribution in [3.05, 3.63) is 35.4 Å². The number of ether oxygens (including phenoxy) is 2. The molecule has 0 saturated carbocycles. The number of nitrogens with zero attached hydrogens (tertiary/aromatic N) is 4. The van der Waals surface area contributed by atoms with Crippen molar-refractivity contribution in [2.75, 3.05) is 56.0 Å². The fraction of sp³-hybridized carbons (Fsp3) is 0.524. The highest BCUT2D eigenvalue weighted by Crippen LogP contribution is 2.35. The van der Waals surface area contributed by atoms with Gasteiger partial charge in [-0.2, -0.15) is 9.97 Å². The number of benzene rings is 1. The van der Waals surface area contributed by atoms with Crippen LogP contribution >= 0.6 is 0 Å². The third kappa shape index (κ3) is 4.89. The van der Waals surface area contributed by atoms with Crippen LogP contribution in [0.1, 0.15) is 30.4 Å². The Morgan fingerprint density at radius 2 is 1.72 bits per heavy atom. The fourth-order valence-electron chi connectivity index (χ4n) is 3.85. The maximum atomic E-state index is 6.09. The molecule has 0 bridgehead atoms. The van der Waals surface area contributed by atoms with Gasteiger partial charge in [0.25, 0.3) is 0 Å². The third-order valence-corrected chi connectivity index (χ3v) is 5.41. The molecule has 8 nitrogen and oxygen atoms in total. The predicted molar refractivity (Wildman–Crippen MR) is 114 cm³/mol. The van der Waals surface area contributed by atoms with Gasteiger partial charge in [-0.1, -0.05) is 30.7 Å². The van der Waals surface area contributed by atoms with Crippen LogP contribution in [-0.4, -0.2) is 54.9 Å². The first-order valence-corrected chi connectivity index (χ1v) is 10.3. The highest BCUT2D eigenvalue weighted by atomic mass is 16.5. The van der Waals surface area contributed by atoms with Crippen molar-refractivity contribution >= 4 is 17.3 Å². The maximum absolute atomic E-state index is 6.09. The number of methoxy groups -OCH3 is 1. The van der Waals surface area contributed by atoms with Crippen LogP contribution in [0.25, 0.3) is 0 Å². The molecule has 2 aliphatic rings. The van der Waals surface area contributed by atoms with Crippen LogP contribution < -0.4 is 20.7 Å². The van der Waals surface area contributed by atoms with E-state index in [0.29, 0.717) is 25.7 Å². The van der Waals surface area contributed by atoms with Gasteiger partial charge in [0.05, 0.1) is 13.3 Å². The number of hydrogen-bond acceptors (Lipinski definition) is 8. The summed E-state index contributed by atoms with van der Waals surface area (Å²) < 4.78 is 10.6. The average Bonchev–Trinajstić information content (AvgIpc) is 3.14. The Bertz CT molecular complexity index is 808. The first-order chi connectivity index (χ1) is 14.2. The minimum Gasteiger partial charge on any atom is -0.461 e. The van der Waals surface area contributed by atoms with Crippen LogP contribution in [0, 0.1) is 0 Å². The number of aromatic nitrogens is 2. The molecule has 0 radical (unpaired) electrons. The van der Waals surface area contributed by atoms with E-state index in [2.05, 4.69) is 49.4 Å². The summed E-state index contributed by atoms with van der Waals surface area (Å²) in [5, 5.41) is 3.29. The molecule has 0 atom stereocenters.